The summed E-state index contributed by atoms with van der Waals surface area (Å²) in [5.74, 6) is -0.330. The third-order valence-corrected chi connectivity index (χ3v) is 3.70. The molecule has 1 atom stereocenters. The minimum Gasteiger partial charge on any atom is -0.475 e. The van der Waals surface area contributed by atoms with Gasteiger partial charge in [0.05, 0.1) is 0 Å². The Hall–Kier alpha value is -1.77. The van der Waals surface area contributed by atoms with Gasteiger partial charge < -0.3 is 9.52 Å². The zero-order valence-electron chi connectivity index (χ0n) is 11.9. The number of carboxylic acid groups (broad SMARTS) is 1. The van der Waals surface area contributed by atoms with Gasteiger partial charge in [-0.3, -0.25) is 0 Å². The van der Waals surface area contributed by atoms with Gasteiger partial charge in [0.2, 0.25) is 5.76 Å². The molecule has 1 aromatic carbocycles. The molecular weight excluding hydrogens is 240 g/mol. The van der Waals surface area contributed by atoms with Crippen molar-refractivity contribution < 1.29 is 14.3 Å². The number of carbonyl (C=O) groups is 1. The Balaban J connectivity index is 2.69. The van der Waals surface area contributed by atoms with Crippen molar-refractivity contribution in [2.45, 2.75) is 46.0 Å². The van der Waals surface area contributed by atoms with E-state index in [1.165, 1.54) is 5.56 Å². The zero-order chi connectivity index (χ0) is 14.2. The van der Waals surface area contributed by atoms with Crippen molar-refractivity contribution >= 4 is 16.9 Å². The molecule has 0 bridgehead atoms. The number of rotatable bonds is 4. The molecule has 0 saturated carbocycles. The Morgan fingerprint density at radius 1 is 1.32 bits per heavy atom. The molecule has 102 valence electrons. The molecule has 19 heavy (non-hydrogen) atoms. The Kier molecular flexibility index (Phi) is 3.65. The maximum absolute atomic E-state index is 11.3. The molecule has 0 saturated heterocycles. The second-order valence-corrected chi connectivity index (χ2v) is 5.37. The highest BCUT2D eigenvalue weighted by Crippen LogP contribution is 2.34. The normalized spacial score (nSPS) is 13.1. The second-order valence-electron chi connectivity index (χ2n) is 5.37. The lowest BCUT2D eigenvalue weighted by Crippen LogP contribution is -2.00. The Bertz CT molecular complexity index is 608. The molecule has 2 aromatic rings. The van der Waals surface area contributed by atoms with Crippen molar-refractivity contribution in [3.8, 4) is 0 Å². The van der Waals surface area contributed by atoms with Crippen LogP contribution in [0.5, 0.6) is 0 Å². The first-order chi connectivity index (χ1) is 8.95. The molecule has 0 amide bonds. The SMILES string of the molecule is CCC(C)c1ccc2oc(C(=O)O)c(C(C)C)c2c1. The molecule has 1 N–H and O–H groups in total. The fourth-order valence-corrected chi connectivity index (χ4v) is 2.41. The Labute approximate surface area is 113 Å². The quantitative estimate of drug-likeness (QED) is 0.861. The van der Waals surface area contributed by atoms with Crippen LogP contribution < -0.4 is 0 Å². The van der Waals surface area contributed by atoms with Gasteiger partial charge in [-0.05, 0) is 36.0 Å². The molecular formula is C16H20O3. The van der Waals surface area contributed by atoms with E-state index >= 15 is 0 Å². The first kappa shape index (κ1) is 13.7. The molecule has 1 aromatic heterocycles. The summed E-state index contributed by atoms with van der Waals surface area (Å²) in [4.78, 5) is 11.3. The van der Waals surface area contributed by atoms with Gasteiger partial charge >= 0.3 is 5.97 Å². The number of fused-ring (bicyclic) bond motifs is 1. The van der Waals surface area contributed by atoms with Crippen LogP contribution in [0.2, 0.25) is 0 Å². The molecule has 0 spiro atoms. The van der Waals surface area contributed by atoms with Gasteiger partial charge in [0, 0.05) is 10.9 Å². The van der Waals surface area contributed by atoms with Crippen molar-refractivity contribution in [2.24, 2.45) is 0 Å². The fourth-order valence-electron chi connectivity index (χ4n) is 2.41. The van der Waals surface area contributed by atoms with Crippen LogP contribution >= 0.6 is 0 Å². The average Bonchev–Trinajstić information content (AvgIpc) is 2.76. The standard InChI is InChI=1S/C16H20O3/c1-5-10(4)11-6-7-13-12(8-11)14(9(2)3)15(19-13)16(17)18/h6-10H,5H2,1-4H3,(H,17,18). The highest BCUT2D eigenvalue weighted by Gasteiger charge is 2.22. The minimum absolute atomic E-state index is 0.0753. The number of hydrogen-bond acceptors (Lipinski definition) is 2. The molecule has 1 unspecified atom stereocenters. The van der Waals surface area contributed by atoms with Gasteiger partial charge in [0.1, 0.15) is 5.58 Å². The van der Waals surface area contributed by atoms with E-state index in [2.05, 4.69) is 19.9 Å². The van der Waals surface area contributed by atoms with Crippen molar-refractivity contribution in [1.29, 1.82) is 0 Å². The van der Waals surface area contributed by atoms with Gasteiger partial charge in [-0.1, -0.05) is 33.8 Å². The highest BCUT2D eigenvalue weighted by molar-refractivity contribution is 5.95. The molecule has 3 heteroatoms. The van der Waals surface area contributed by atoms with Crippen LogP contribution in [0.1, 0.15) is 67.6 Å². The van der Waals surface area contributed by atoms with Gasteiger partial charge in [0.15, 0.2) is 0 Å². The lowest BCUT2D eigenvalue weighted by molar-refractivity contribution is 0.0663. The number of benzene rings is 1. The van der Waals surface area contributed by atoms with Gasteiger partial charge in [0.25, 0.3) is 0 Å². The van der Waals surface area contributed by atoms with Crippen LogP contribution in [0.15, 0.2) is 22.6 Å². The number of aromatic carboxylic acids is 1. The van der Waals surface area contributed by atoms with Crippen LogP contribution in [0.3, 0.4) is 0 Å². The lowest BCUT2D eigenvalue weighted by Gasteiger charge is -2.09. The maximum Gasteiger partial charge on any atom is 0.372 e. The molecule has 3 nitrogen and oxygen atoms in total. The monoisotopic (exact) mass is 260 g/mol. The van der Waals surface area contributed by atoms with Crippen LogP contribution in [-0.4, -0.2) is 11.1 Å². The number of furan rings is 1. The van der Waals surface area contributed by atoms with Crippen molar-refractivity contribution in [2.75, 3.05) is 0 Å². The van der Waals surface area contributed by atoms with E-state index in [-0.39, 0.29) is 11.7 Å². The van der Waals surface area contributed by atoms with Crippen LogP contribution in [0, 0.1) is 0 Å². The Morgan fingerprint density at radius 2 is 2.00 bits per heavy atom. The van der Waals surface area contributed by atoms with Crippen molar-refractivity contribution in [3.63, 3.8) is 0 Å². The first-order valence-electron chi connectivity index (χ1n) is 6.75. The second kappa shape index (κ2) is 5.08. The van der Waals surface area contributed by atoms with E-state index in [0.717, 1.165) is 17.4 Å². The summed E-state index contributed by atoms with van der Waals surface area (Å²) in [7, 11) is 0. The van der Waals surface area contributed by atoms with Gasteiger partial charge in [-0.25, -0.2) is 4.79 Å². The molecule has 2 rings (SSSR count). The number of carboxylic acids is 1. The van der Waals surface area contributed by atoms with Crippen molar-refractivity contribution in [3.05, 3.63) is 35.1 Å². The van der Waals surface area contributed by atoms with E-state index < -0.39 is 5.97 Å². The summed E-state index contributed by atoms with van der Waals surface area (Å²) in [5.41, 5.74) is 2.69. The smallest absolute Gasteiger partial charge is 0.372 e. The topological polar surface area (TPSA) is 50.4 Å². The van der Waals surface area contributed by atoms with Crippen LogP contribution in [0.25, 0.3) is 11.0 Å². The van der Waals surface area contributed by atoms with Crippen LogP contribution in [-0.2, 0) is 0 Å². The van der Waals surface area contributed by atoms with E-state index in [0.29, 0.717) is 11.5 Å². The van der Waals surface area contributed by atoms with Crippen molar-refractivity contribution in [1.82, 2.24) is 0 Å². The molecule has 1 heterocycles. The van der Waals surface area contributed by atoms with E-state index in [4.69, 9.17) is 4.42 Å². The summed E-state index contributed by atoms with van der Waals surface area (Å²) in [6, 6.07) is 5.99. The molecule has 0 aliphatic rings. The lowest BCUT2D eigenvalue weighted by atomic mass is 9.94. The summed E-state index contributed by atoms with van der Waals surface area (Å²) < 4.78 is 5.49. The summed E-state index contributed by atoms with van der Waals surface area (Å²) in [6.45, 7) is 8.31. The predicted molar refractivity (Wildman–Crippen MR) is 76.0 cm³/mol. The zero-order valence-corrected chi connectivity index (χ0v) is 11.9. The third kappa shape index (κ3) is 2.37. The summed E-state index contributed by atoms with van der Waals surface area (Å²) in [6.07, 6.45) is 1.06. The predicted octanol–water partition coefficient (Wildman–Crippen LogP) is 4.77. The Morgan fingerprint density at radius 3 is 2.53 bits per heavy atom. The fraction of sp³-hybridized carbons (Fsp3) is 0.438. The van der Waals surface area contributed by atoms with E-state index in [9.17, 15) is 9.90 Å². The van der Waals surface area contributed by atoms with Gasteiger partial charge in [-0.2, -0.15) is 0 Å². The molecule has 0 aliphatic heterocycles. The number of hydrogen-bond donors (Lipinski definition) is 1. The first-order valence-corrected chi connectivity index (χ1v) is 6.75. The largest absolute Gasteiger partial charge is 0.475 e. The highest BCUT2D eigenvalue weighted by atomic mass is 16.4. The van der Waals surface area contributed by atoms with E-state index in [1.54, 1.807) is 0 Å². The summed E-state index contributed by atoms with van der Waals surface area (Å²) in [5, 5.41) is 10.2. The summed E-state index contributed by atoms with van der Waals surface area (Å²) >= 11 is 0. The molecule has 0 aliphatic carbocycles. The van der Waals surface area contributed by atoms with Gasteiger partial charge in [-0.15, -0.1) is 0 Å². The third-order valence-electron chi connectivity index (χ3n) is 3.70. The molecule has 0 radical (unpaired) electrons. The maximum atomic E-state index is 11.3. The van der Waals surface area contributed by atoms with Crippen LogP contribution in [0.4, 0.5) is 0 Å². The van der Waals surface area contributed by atoms with E-state index in [1.807, 2.05) is 26.0 Å². The minimum atomic E-state index is -0.995. The molecule has 0 fully saturated rings. The average molecular weight is 260 g/mol.